The lowest BCUT2D eigenvalue weighted by molar-refractivity contribution is -0.256. The molecule has 2 saturated heterocycles. The maximum atomic E-state index is 13.6. The number of anilines is 6. The van der Waals surface area contributed by atoms with Gasteiger partial charge in [-0.3, -0.25) is 36.8 Å². The van der Waals surface area contributed by atoms with Gasteiger partial charge in [0.2, 0.25) is 22.6 Å². The third-order valence-electron chi connectivity index (χ3n) is 21.8. The maximum absolute atomic E-state index is 13.6. The number of aromatic nitrogens is 8. The fourth-order valence-electron chi connectivity index (χ4n) is 15.4. The van der Waals surface area contributed by atoms with E-state index in [1.165, 1.54) is 27.3 Å². The highest BCUT2D eigenvalue weighted by Crippen LogP contribution is 2.51. The van der Waals surface area contributed by atoms with Crippen molar-refractivity contribution in [2.45, 2.75) is 100 Å². The van der Waals surface area contributed by atoms with Gasteiger partial charge in [-0.2, -0.15) is 0 Å². The number of nitrogens with two attached hydrogens (primary N) is 2. The van der Waals surface area contributed by atoms with Crippen molar-refractivity contribution in [1.82, 2.24) is 58.8 Å². The van der Waals surface area contributed by atoms with Crippen molar-refractivity contribution in [2.75, 3.05) is 128 Å². The number of fused-ring (bicyclic) bond motifs is 6. The van der Waals surface area contributed by atoms with Crippen LogP contribution < -0.4 is 72.6 Å². The molecule has 4 aliphatic heterocycles. The number of carbonyl (C=O) groups is 4. The number of nitrogens with zero attached hydrogens (tertiary/aromatic N) is 12. The molecule has 4 aromatic heterocycles. The Morgan fingerprint density at radius 2 is 0.871 bits per heavy atom. The minimum Gasteiger partial charge on any atom is -0.545 e. The first-order valence-corrected chi connectivity index (χ1v) is 47.2. The SMILES string of the molecule is CN(C)c1ccc2c(-c3cc(C(=O)NCCCCCCNc4nc5c(N)ncnc5n4[C@@H]4O[C@H](COP(=O)(O)O)[C@@H](OP(=O)(O)O)[C@H]4O)ccc3C(=O)[O-])c3ccc(=[N+](C)C)cc-3oc2c1.CN(C)c1ccc2c(-c3ccc(C(=O)NCCCCCCNc4nc5c(N)ncnc5n4[C@@H]4O[C@H](COP(=O)(O)O)[C@@H](OP(=O)(O)O)[C@H]4O)cc3C(=O)[O-])c3ccc(=[N+](C)C)cc-3oc2c1. The van der Waals surface area contributed by atoms with Crippen LogP contribution in [-0.4, -0.2) is 245 Å². The number of ether oxygens (including phenoxy) is 2. The van der Waals surface area contributed by atoms with Gasteiger partial charge in [-0.05, 0) is 97.5 Å². The van der Waals surface area contributed by atoms with Gasteiger partial charge in [-0.25, -0.2) is 57.3 Å². The Hall–Kier alpha value is -11.7. The molecule has 0 saturated carbocycles. The predicted molar refractivity (Wildman–Crippen MR) is 476 cm³/mol. The Morgan fingerprint density at radius 1 is 0.477 bits per heavy atom. The van der Waals surface area contributed by atoms with Crippen LogP contribution in [0.2, 0.25) is 0 Å². The number of imidazole rings is 2. The van der Waals surface area contributed by atoms with Gasteiger partial charge in [0.05, 0.1) is 37.3 Å². The second-order valence-electron chi connectivity index (χ2n) is 31.8. The van der Waals surface area contributed by atoms with E-state index < -0.39 is 117 Å². The lowest BCUT2D eigenvalue weighted by Crippen LogP contribution is -2.36. The maximum Gasteiger partial charge on any atom is 0.470 e. The molecule has 8 atom stereocenters. The fraction of sp³-hybridized carbons (Fsp3) is 0.366. The second-order valence-corrected chi connectivity index (χ2v) is 36.7. The number of rotatable bonds is 36. The molecule has 8 heterocycles. The summed E-state index contributed by atoms with van der Waals surface area (Å²) in [7, 11) is -5.36. The molecule has 132 heavy (non-hydrogen) atoms. The minimum absolute atomic E-state index is 0.0257. The smallest absolute Gasteiger partial charge is 0.470 e. The lowest BCUT2D eigenvalue weighted by atomic mass is 9.89. The Bertz CT molecular complexity index is 6640. The quantitative estimate of drug-likeness (QED) is 0.0116. The number of unbranched alkanes of at least 4 members (excludes halogenated alkanes) is 6. The number of hydrogen-bond acceptors (Lipinski definition) is 32. The second kappa shape index (κ2) is 40.8. The number of carboxylic acid groups (broad SMARTS) is 2. The van der Waals surface area contributed by atoms with E-state index in [9.17, 15) is 97.0 Å². The number of hydrogen-bond donors (Lipinski definition) is 16. The summed E-state index contributed by atoms with van der Waals surface area (Å²) >= 11 is 0. The molecular weight excluding hydrogens is 1810 g/mol. The molecule has 6 aliphatic rings. The standard InChI is InChI=1S/2C41H49N9O14P2/c1-48(2)23-10-13-26-29(18-23)62-30-19-24(49(3)4)11-14-27(30)32(26)28-17-22(9-12-25(28)40(53)54)38(52)43-15-7-5-6-8-16-44-41-47-33-36(42)45-21-46-37(33)50(41)39-34(51)35(64-66(58,59)60)31(63-39)20-61-65(55,56)57;1-48(2)23-10-13-26-29(18-23)62-30-19-24(49(3)4)11-14-27(30)32(26)25-12-9-22(17-28(25)40(53)54)38(52)43-15-7-5-6-8-16-44-41-47-33-36(42)45-21-46-37(33)50(41)39-34(51)35(64-66(58,59)60)31(63-39)20-61-65(55,56)57/h9-14,17-19,21,31,34-35,39,51H,5-8,15-16,20H2,1-4H3,(H8-,42,43,44,45,46,47,52,53,54,55,56,57,58,59,60);9-14,17-19,21,31,34-35,39,42-43,51H,5-8,15-16,20H2,1-4H3,(H6,52,53,54,55,56,57,58,59,60)/t2*31-,34-,35-,39-/m11/s1. The highest BCUT2D eigenvalue weighted by atomic mass is 31.2. The van der Waals surface area contributed by atoms with Crippen LogP contribution in [0, 0.1) is 0 Å². The number of carboxylic acids is 2. The third-order valence-corrected chi connectivity index (χ3v) is 23.8. The van der Waals surface area contributed by atoms with Crippen molar-refractivity contribution in [3.05, 3.63) is 155 Å². The van der Waals surface area contributed by atoms with E-state index >= 15 is 0 Å². The molecule has 4 aromatic carbocycles. The number of amides is 2. The van der Waals surface area contributed by atoms with Gasteiger partial charge in [-0.1, -0.05) is 37.8 Å². The Balaban J connectivity index is 0.000000224. The van der Waals surface area contributed by atoms with Gasteiger partial charge in [0.15, 0.2) is 46.4 Å². The summed E-state index contributed by atoms with van der Waals surface area (Å²) in [5, 5.41) is 62.8. The molecule has 8 aromatic rings. The van der Waals surface area contributed by atoms with Crippen LogP contribution in [0.25, 0.3) is 89.2 Å². The van der Waals surface area contributed by atoms with Crippen LogP contribution in [0.1, 0.15) is 105 Å². The summed E-state index contributed by atoms with van der Waals surface area (Å²) < 4.78 is 95.6. The van der Waals surface area contributed by atoms with Crippen LogP contribution in [0.5, 0.6) is 0 Å². The van der Waals surface area contributed by atoms with Crippen molar-refractivity contribution in [1.29, 1.82) is 0 Å². The number of phosphoric acid groups is 4. The first-order valence-electron chi connectivity index (χ1n) is 41.1. The number of aliphatic hydroxyl groups is 2. The summed E-state index contributed by atoms with van der Waals surface area (Å²) in [4.78, 5) is 156. The van der Waals surface area contributed by atoms with Gasteiger partial charge in [-0.15, -0.1) is 0 Å². The zero-order chi connectivity index (χ0) is 95.3. The molecule has 0 unspecified atom stereocenters. The molecular formula is C82H98N18O28P4. The molecule has 46 nitrogen and oxygen atoms in total. The minimum atomic E-state index is -5.25. The summed E-state index contributed by atoms with van der Waals surface area (Å²) in [6, 6.07) is 31.6. The largest absolute Gasteiger partial charge is 0.545 e. The van der Waals surface area contributed by atoms with Crippen molar-refractivity contribution >= 4 is 134 Å². The van der Waals surface area contributed by atoms with Crippen LogP contribution >= 0.6 is 31.3 Å². The molecule has 0 bridgehead atoms. The van der Waals surface area contributed by atoms with E-state index in [0.29, 0.717) is 144 Å². The molecule has 0 spiro atoms. The van der Waals surface area contributed by atoms with E-state index in [4.69, 9.17) is 38.8 Å². The van der Waals surface area contributed by atoms with Crippen molar-refractivity contribution in [2.24, 2.45) is 0 Å². The summed E-state index contributed by atoms with van der Waals surface area (Å²) in [5.41, 5.74) is 18.7. The van der Waals surface area contributed by atoms with E-state index in [1.54, 1.807) is 18.2 Å². The number of aliphatic hydroxyl groups excluding tert-OH is 2. The van der Waals surface area contributed by atoms with Gasteiger partial charge in [0, 0.05) is 145 Å². The van der Waals surface area contributed by atoms with Crippen LogP contribution in [0.4, 0.5) is 34.9 Å². The normalized spacial score (nSPS) is 17.7. The molecule has 704 valence electrons. The van der Waals surface area contributed by atoms with Gasteiger partial charge < -0.3 is 130 Å². The van der Waals surface area contributed by atoms with E-state index in [2.05, 4.69) is 60.2 Å². The number of benzene rings is 6. The Morgan fingerprint density at radius 3 is 1.27 bits per heavy atom. The average molecular weight is 1910 g/mol. The highest BCUT2D eigenvalue weighted by molar-refractivity contribution is 7.47. The molecule has 18 N–H and O–H groups in total. The Kier molecular flexibility index (Phi) is 30.2. The topological polar surface area (TPSA) is 666 Å². The zero-order valence-corrected chi connectivity index (χ0v) is 75.8. The molecule has 2 amide bonds. The summed E-state index contributed by atoms with van der Waals surface area (Å²) in [5.74, 6) is -2.53. The number of aromatic carboxylic acids is 2. The van der Waals surface area contributed by atoms with Gasteiger partial charge in [0.1, 0.15) is 100 Å². The molecule has 2 aliphatic carbocycles. The van der Waals surface area contributed by atoms with Crippen molar-refractivity contribution in [3.63, 3.8) is 0 Å². The first-order chi connectivity index (χ1) is 62.4. The monoisotopic (exact) mass is 1910 g/mol. The molecule has 14 rings (SSSR count). The van der Waals surface area contributed by atoms with E-state index in [-0.39, 0.29) is 68.1 Å². The number of carbonyl (C=O) groups excluding carboxylic acids is 4. The van der Waals surface area contributed by atoms with Crippen LogP contribution in [0.15, 0.2) is 131 Å². The first kappa shape index (κ1) is 97.8. The Labute approximate surface area is 750 Å². The van der Waals surface area contributed by atoms with E-state index in [0.717, 1.165) is 34.7 Å². The van der Waals surface area contributed by atoms with E-state index in [1.807, 2.05) is 148 Å². The number of phosphoric ester groups is 4. The number of nitrogens with one attached hydrogen (secondary N) is 4. The molecule has 2 fully saturated rings. The van der Waals surface area contributed by atoms with Crippen LogP contribution in [0.3, 0.4) is 0 Å². The highest BCUT2D eigenvalue weighted by Gasteiger charge is 2.52. The lowest BCUT2D eigenvalue weighted by Gasteiger charge is -2.21. The number of nitrogen functional groups attached to an aromatic ring is 2. The summed E-state index contributed by atoms with van der Waals surface area (Å²) in [6.07, 6.45) is -6.06. The van der Waals surface area contributed by atoms with Gasteiger partial charge >= 0.3 is 31.3 Å². The summed E-state index contributed by atoms with van der Waals surface area (Å²) in [6.45, 7) is -0.570. The van der Waals surface area contributed by atoms with Crippen molar-refractivity contribution in [3.8, 4) is 44.9 Å². The van der Waals surface area contributed by atoms with Crippen molar-refractivity contribution < 1.29 is 133 Å². The molecule has 0 radical (unpaired) electrons. The zero-order valence-electron chi connectivity index (χ0n) is 72.2. The van der Waals surface area contributed by atoms with Crippen LogP contribution in [-0.2, 0) is 45.8 Å². The predicted octanol–water partition coefficient (Wildman–Crippen LogP) is 3.27. The van der Waals surface area contributed by atoms with Gasteiger partial charge in [0.25, 0.3) is 11.8 Å². The average Bonchev–Trinajstić information content (AvgIpc) is 1.74. The fourth-order valence-corrected chi connectivity index (χ4v) is 17.3. The molecule has 50 heteroatoms. The third kappa shape index (κ3) is 23.0.